The number of amides is 1. The number of carbonyl (C=O) groups is 3. The minimum absolute atomic E-state index is 0.00748. The zero-order chi connectivity index (χ0) is 22.8. The standard InChI is InChI=1S/C24H29NO6/c1-5-17-6-8-19(9-7-17)22(26)10-11-23(27)25(16-24(28)31-4)15-18-12-20(29-2)14-21(13-18)30-3/h6-9,12-14H,5,10-11,15-16H2,1-4H3. The summed E-state index contributed by atoms with van der Waals surface area (Å²) in [6.07, 6.45) is 0.945. The zero-order valence-electron chi connectivity index (χ0n) is 18.5. The molecule has 31 heavy (non-hydrogen) atoms. The summed E-state index contributed by atoms with van der Waals surface area (Å²) in [6, 6.07) is 12.6. The molecule has 2 aromatic carbocycles. The Labute approximate surface area is 182 Å². The molecule has 0 aliphatic rings. The molecule has 0 aromatic heterocycles. The van der Waals surface area contributed by atoms with Crippen LogP contribution in [0.3, 0.4) is 0 Å². The topological polar surface area (TPSA) is 82.1 Å². The fourth-order valence-corrected chi connectivity index (χ4v) is 3.08. The summed E-state index contributed by atoms with van der Waals surface area (Å²) < 4.78 is 15.3. The third-order valence-corrected chi connectivity index (χ3v) is 4.94. The Hall–Kier alpha value is -3.35. The van der Waals surface area contributed by atoms with E-state index in [9.17, 15) is 14.4 Å². The van der Waals surface area contributed by atoms with Gasteiger partial charge in [0.05, 0.1) is 21.3 Å². The molecular formula is C24H29NO6. The third-order valence-electron chi connectivity index (χ3n) is 4.94. The SMILES string of the molecule is CCc1ccc(C(=O)CCC(=O)N(CC(=O)OC)Cc2cc(OC)cc(OC)c2)cc1. The first-order chi connectivity index (χ1) is 14.9. The number of ether oxygens (including phenoxy) is 3. The van der Waals surface area contributed by atoms with Crippen LogP contribution in [0.5, 0.6) is 11.5 Å². The Balaban J connectivity index is 2.10. The van der Waals surface area contributed by atoms with Crippen molar-refractivity contribution < 1.29 is 28.6 Å². The molecule has 7 nitrogen and oxygen atoms in total. The van der Waals surface area contributed by atoms with Crippen molar-refractivity contribution >= 4 is 17.7 Å². The number of esters is 1. The number of rotatable bonds is 11. The van der Waals surface area contributed by atoms with Crippen molar-refractivity contribution in [2.24, 2.45) is 0 Å². The molecule has 0 aliphatic heterocycles. The highest BCUT2D eigenvalue weighted by Gasteiger charge is 2.20. The van der Waals surface area contributed by atoms with Gasteiger partial charge in [0, 0.05) is 31.0 Å². The van der Waals surface area contributed by atoms with Crippen LogP contribution < -0.4 is 9.47 Å². The number of aryl methyl sites for hydroxylation is 1. The van der Waals surface area contributed by atoms with Gasteiger partial charge in [-0.05, 0) is 29.7 Å². The zero-order valence-corrected chi connectivity index (χ0v) is 18.5. The fourth-order valence-electron chi connectivity index (χ4n) is 3.08. The van der Waals surface area contributed by atoms with Gasteiger partial charge < -0.3 is 19.1 Å². The number of benzene rings is 2. The number of carbonyl (C=O) groups excluding carboxylic acids is 3. The second-order valence-electron chi connectivity index (χ2n) is 7.02. The molecule has 0 N–H and O–H groups in total. The lowest BCUT2D eigenvalue weighted by Gasteiger charge is -2.22. The fraction of sp³-hybridized carbons (Fsp3) is 0.375. The molecule has 0 atom stereocenters. The molecule has 0 aliphatic carbocycles. The lowest BCUT2D eigenvalue weighted by Crippen LogP contribution is -2.36. The van der Waals surface area contributed by atoms with E-state index in [4.69, 9.17) is 14.2 Å². The van der Waals surface area contributed by atoms with E-state index in [1.54, 1.807) is 30.3 Å². The Bertz CT molecular complexity index is 885. The first kappa shape index (κ1) is 23.9. The molecular weight excluding hydrogens is 398 g/mol. The van der Waals surface area contributed by atoms with Crippen molar-refractivity contribution in [1.29, 1.82) is 0 Å². The maximum absolute atomic E-state index is 12.8. The van der Waals surface area contributed by atoms with Crippen LogP contribution in [-0.4, -0.2) is 50.4 Å². The lowest BCUT2D eigenvalue weighted by molar-refractivity contribution is -0.147. The van der Waals surface area contributed by atoms with Gasteiger partial charge in [-0.3, -0.25) is 14.4 Å². The monoisotopic (exact) mass is 427 g/mol. The summed E-state index contributed by atoms with van der Waals surface area (Å²) in [5.41, 5.74) is 2.45. The molecule has 166 valence electrons. The molecule has 0 heterocycles. The summed E-state index contributed by atoms with van der Waals surface area (Å²) in [5, 5.41) is 0. The van der Waals surface area contributed by atoms with Crippen LogP contribution in [0.4, 0.5) is 0 Å². The van der Waals surface area contributed by atoms with E-state index >= 15 is 0 Å². The number of hydrogen-bond acceptors (Lipinski definition) is 6. The van der Waals surface area contributed by atoms with Gasteiger partial charge in [-0.15, -0.1) is 0 Å². The predicted molar refractivity (Wildman–Crippen MR) is 116 cm³/mol. The molecule has 1 amide bonds. The van der Waals surface area contributed by atoms with Crippen LogP contribution in [0.2, 0.25) is 0 Å². The second-order valence-corrected chi connectivity index (χ2v) is 7.02. The minimum Gasteiger partial charge on any atom is -0.497 e. The van der Waals surface area contributed by atoms with Gasteiger partial charge >= 0.3 is 5.97 Å². The molecule has 0 spiro atoms. The smallest absolute Gasteiger partial charge is 0.325 e. The normalized spacial score (nSPS) is 10.3. The van der Waals surface area contributed by atoms with Gasteiger partial charge in [-0.1, -0.05) is 31.2 Å². The number of ketones is 1. The molecule has 0 radical (unpaired) electrons. The third kappa shape index (κ3) is 7.13. The number of hydrogen-bond donors (Lipinski definition) is 0. The highest BCUT2D eigenvalue weighted by atomic mass is 16.5. The van der Waals surface area contributed by atoms with E-state index in [1.807, 2.05) is 19.1 Å². The van der Waals surface area contributed by atoms with E-state index in [2.05, 4.69) is 0 Å². The molecule has 0 saturated heterocycles. The first-order valence-corrected chi connectivity index (χ1v) is 10.1. The van der Waals surface area contributed by atoms with Crippen molar-refractivity contribution in [2.75, 3.05) is 27.9 Å². The maximum Gasteiger partial charge on any atom is 0.325 e. The van der Waals surface area contributed by atoms with E-state index in [0.29, 0.717) is 17.1 Å². The average Bonchev–Trinajstić information content (AvgIpc) is 2.81. The van der Waals surface area contributed by atoms with Gasteiger partial charge in [0.25, 0.3) is 0 Å². The number of Topliss-reactive ketones (excluding diaryl/α,β-unsaturated/α-hetero) is 1. The molecule has 0 saturated carbocycles. The van der Waals surface area contributed by atoms with E-state index in [1.165, 1.54) is 26.2 Å². The summed E-state index contributed by atoms with van der Waals surface area (Å²) in [7, 11) is 4.34. The highest BCUT2D eigenvalue weighted by Crippen LogP contribution is 2.24. The highest BCUT2D eigenvalue weighted by molar-refractivity contribution is 5.98. The Morgan fingerprint density at radius 3 is 1.97 bits per heavy atom. The summed E-state index contributed by atoms with van der Waals surface area (Å²) in [4.78, 5) is 38.5. The molecule has 0 fully saturated rings. The number of methoxy groups -OCH3 is 3. The van der Waals surface area contributed by atoms with E-state index in [-0.39, 0.29) is 37.6 Å². The van der Waals surface area contributed by atoms with Crippen molar-refractivity contribution in [3.8, 4) is 11.5 Å². The molecule has 2 aromatic rings. The van der Waals surface area contributed by atoms with Crippen LogP contribution in [-0.2, 0) is 27.3 Å². The first-order valence-electron chi connectivity index (χ1n) is 10.1. The van der Waals surface area contributed by atoms with Gasteiger partial charge in [-0.2, -0.15) is 0 Å². The quantitative estimate of drug-likeness (QED) is 0.404. The van der Waals surface area contributed by atoms with E-state index in [0.717, 1.165) is 17.5 Å². The number of nitrogens with zero attached hydrogens (tertiary/aromatic N) is 1. The van der Waals surface area contributed by atoms with Crippen molar-refractivity contribution in [3.05, 3.63) is 59.2 Å². The van der Waals surface area contributed by atoms with Crippen molar-refractivity contribution in [3.63, 3.8) is 0 Å². The van der Waals surface area contributed by atoms with Crippen LogP contribution >= 0.6 is 0 Å². The van der Waals surface area contributed by atoms with E-state index < -0.39 is 5.97 Å². The van der Waals surface area contributed by atoms with Gasteiger partial charge in [0.2, 0.25) is 5.91 Å². The van der Waals surface area contributed by atoms with Crippen LogP contribution in [0, 0.1) is 0 Å². The maximum atomic E-state index is 12.8. The summed E-state index contributed by atoms with van der Waals surface area (Å²) >= 11 is 0. The largest absolute Gasteiger partial charge is 0.497 e. The summed E-state index contributed by atoms with van der Waals surface area (Å²) in [6.45, 7) is 1.98. The Morgan fingerprint density at radius 1 is 0.839 bits per heavy atom. The van der Waals surface area contributed by atoms with Gasteiger partial charge in [0.15, 0.2) is 5.78 Å². The molecule has 0 bridgehead atoms. The average molecular weight is 427 g/mol. The predicted octanol–water partition coefficient (Wildman–Crippen LogP) is 3.43. The Morgan fingerprint density at radius 2 is 1.45 bits per heavy atom. The van der Waals surface area contributed by atoms with Crippen LogP contribution in [0.1, 0.15) is 41.3 Å². The molecule has 0 unspecified atom stereocenters. The van der Waals surface area contributed by atoms with Crippen LogP contribution in [0.25, 0.3) is 0 Å². The van der Waals surface area contributed by atoms with Gasteiger partial charge in [0.1, 0.15) is 18.0 Å². The molecule has 7 heteroatoms. The van der Waals surface area contributed by atoms with Crippen molar-refractivity contribution in [1.82, 2.24) is 4.90 Å². The van der Waals surface area contributed by atoms with Crippen molar-refractivity contribution in [2.45, 2.75) is 32.7 Å². The van der Waals surface area contributed by atoms with Gasteiger partial charge in [-0.25, -0.2) is 0 Å². The van der Waals surface area contributed by atoms with Crippen LogP contribution in [0.15, 0.2) is 42.5 Å². The Kier molecular flexibility index (Phi) is 9.06. The lowest BCUT2D eigenvalue weighted by atomic mass is 10.0. The minimum atomic E-state index is -0.537. The molecule has 2 rings (SSSR count). The second kappa shape index (κ2) is 11.7. The summed E-state index contributed by atoms with van der Waals surface area (Å²) in [5.74, 6) is 0.184.